The molecule has 1 aliphatic rings. The number of anilines is 1. The number of ether oxygens (including phenoxy) is 1. The third-order valence-corrected chi connectivity index (χ3v) is 4.12. The Kier molecular flexibility index (Phi) is 6.78. The minimum absolute atomic E-state index is 0.0374. The Labute approximate surface area is 142 Å². The van der Waals surface area contributed by atoms with Gasteiger partial charge in [-0.25, -0.2) is 5.43 Å². The van der Waals surface area contributed by atoms with E-state index in [-0.39, 0.29) is 24.2 Å². The molecule has 1 saturated carbocycles. The Morgan fingerprint density at radius 3 is 2.46 bits per heavy atom. The van der Waals surface area contributed by atoms with Gasteiger partial charge in [0.15, 0.2) is 0 Å². The van der Waals surface area contributed by atoms with Gasteiger partial charge in [-0.3, -0.25) is 9.59 Å². The van der Waals surface area contributed by atoms with Gasteiger partial charge in [0.25, 0.3) is 0 Å². The normalized spacial score (nSPS) is 15.7. The molecule has 24 heavy (non-hydrogen) atoms. The molecule has 1 fully saturated rings. The van der Waals surface area contributed by atoms with Crippen LogP contribution in [0.5, 0.6) is 5.75 Å². The van der Waals surface area contributed by atoms with Gasteiger partial charge in [0.2, 0.25) is 11.8 Å². The highest BCUT2D eigenvalue weighted by molar-refractivity contribution is 6.05. The van der Waals surface area contributed by atoms with E-state index in [4.69, 9.17) is 4.74 Å². The smallest absolute Gasteiger partial charge is 0.243 e. The van der Waals surface area contributed by atoms with Gasteiger partial charge in [-0.2, -0.15) is 5.10 Å². The molecule has 2 rings (SSSR count). The molecule has 130 valence electrons. The van der Waals surface area contributed by atoms with Gasteiger partial charge in [0.1, 0.15) is 5.75 Å². The molecule has 6 nitrogen and oxygen atoms in total. The van der Waals surface area contributed by atoms with Gasteiger partial charge in [0.05, 0.1) is 13.5 Å². The van der Waals surface area contributed by atoms with Crippen LogP contribution >= 0.6 is 0 Å². The zero-order chi connectivity index (χ0) is 17.4. The van der Waals surface area contributed by atoms with E-state index >= 15 is 0 Å². The Hall–Kier alpha value is -2.37. The van der Waals surface area contributed by atoms with Crippen LogP contribution in [-0.2, 0) is 9.59 Å². The van der Waals surface area contributed by atoms with E-state index < -0.39 is 0 Å². The van der Waals surface area contributed by atoms with E-state index in [9.17, 15) is 9.59 Å². The molecular weight excluding hydrogens is 306 g/mol. The van der Waals surface area contributed by atoms with Crippen LogP contribution in [0.15, 0.2) is 29.4 Å². The molecule has 1 aromatic carbocycles. The molecule has 1 aliphatic carbocycles. The minimum Gasteiger partial charge on any atom is -0.497 e. The molecule has 0 saturated heterocycles. The van der Waals surface area contributed by atoms with Crippen LogP contribution in [0.2, 0.25) is 0 Å². The monoisotopic (exact) mass is 331 g/mol. The second-order valence-corrected chi connectivity index (χ2v) is 6.11. The number of carbonyl (C=O) groups is 2. The van der Waals surface area contributed by atoms with Crippen molar-refractivity contribution in [1.82, 2.24) is 5.43 Å². The molecule has 0 bridgehead atoms. The fourth-order valence-corrected chi connectivity index (χ4v) is 2.76. The van der Waals surface area contributed by atoms with Gasteiger partial charge >= 0.3 is 0 Å². The number of methoxy groups -OCH3 is 1. The lowest BCUT2D eigenvalue weighted by Crippen LogP contribution is -2.29. The average molecular weight is 331 g/mol. The van der Waals surface area contributed by atoms with Gasteiger partial charge in [-0.15, -0.1) is 0 Å². The molecule has 6 heteroatoms. The zero-order valence-electron chi connectivity index (χ0n) is 14.3. The summed E-state index contributed by atoms with van der Waals surface area (Å²) < 4.78 is 5.07. The van der Waals surface area contributed by atoms with E-state index in [1.807, 2.05) is 0 Å². The third kappa shape index (κ3) is 5.68. The fourth-order valence-electron chi connectivity index (χ4n) is 2.76. The second-order valence-electron chi connectivity index (χ2n) is 6.11. The van der Waals surface area contributed by atoms with Crippen LogP contribution in [-0.4, -0.2) is 24.6 Å². The van der Waals surface area contributed by atoms with Crippen LogP contribution < -0.4 is 15.5 Å². The van der Waals surface area contributed by atoms with Crippen LogP contribution in [0.4, 0.5) is 5.69 Å². The van der Waals surface area contributed by atoms with Crippen molar-refractivity contribution in [1.29, 1.82) is 0 Å². The number of amides is 2. The number of hydrogen-bond donors (Lipinski definition) is 2. The molecule has 2 amide bonds. The number of nitrogens with zero attached hydrogens (tertiary/aromatic N) is 1. The Bertz CT molecular complexity index is 590. The Morgan fingerprint density at radius 2 is 1.83 bits per heavy atom. The van der Waals surface area contributed by atoms with Crippen molar-refractivity contribution in [2.24, 2.45) is 11.0 Å². The quantitative estimate of drug-likeness (QED) is 0.621. The van der Waals surface area contributed by atoms with E-state index in [0.717, 1.165) is 31.4 Å². The molecule has 0 spiro atoms. The molecular formula is C18H25N3O3. The number of rotatable bonds is 6. The molecule has 0 aromatic heterocycles. The van der Waals surface area contributed by atoms with Crippen LogP contribution in [0.3, 0.4) is 0 Å². The maximum atomic E-state index is 12.0. The van der Waals surface area contributed by atoms with Crippen molar-refractivity contribution in [2.45, 2.75) is 45.4 Å². The van der Waals surface area contributed by atoms with Crippen molar-refractivity contribution in [3.05, 3.63) is 24.3 Å². The van der Waals surface area contributed by atoms with Crippen molar-refractivity contribution in [2.75, 3.05) is 12.4 Å². The van der Waals surface area contributed by atoms with Crippen molar-refractivity contribution >= 4 is 23.2 Å². The summed E-state index contributed by atoms with van der Waals surface area (Å²) in [6, 6.07) is 7.10. The molecule has 0 heterocycles. The first-order valence-electron chi connectivity index (χ1n) is 8.35. The summed E-state index contributed by atoms with van der Waals surface area (Å²) in [4.78, 5) is 24.0. The van der Waals surface area contributed by atoms with Crippen LogP contribution in [0, 0.1) is 5.92 Å². The number of carbonyl (C=O) groups excluding carboxylic acids is 2. The summed E-state index contributed by atoms with van der Waals surface area (Å²) in [5, 5.41) is 6.83. The molecule has 1 aromatic rings. The first-order chi connectivity index (χ1) is 11.6. The standard InChI is InChI=1S/C18H25N3O3/c1-13(20-21-18(23)14-6-4-3-5-7-14)12-17(22)19-15-8-10-16(24-2)11-9-15/h8-11,14H,3-7,12H2,1-2H3,(H,19,22)(H,21,23). The highest BCUT2D eigenvalue weighted by Gasteiger charge is 2.20. The number of hydrazone groups is 1. The van der Waals surface area contributed by atoms with Crippen molar-refractivity contribution in [3.63, 3.8) is 0 Å². The molecule has 0 radical (unpaired) electrons. The summed E-state index contributed by atoms with van der Waals surface area (Å²) >= 11 is 0. The highest BCUT2D eigenvalue weighted by atomic mass is 16.5. The lowest BCUT2D eigenvalue weighted by molar-refractivity contribution is -0.126. The number of hydrogen-bond acceptors (Lipinski definition) is 4. The number of benzene rings is 1. The molecule has 0 atom stereocenters. The van der Waals surface area contributed by atoms with Gasteiger partial charge in [-0.05, 0) is 44.0 Å². The molecule has 2 N–H and O–H groups in total. The van der Waals surface area contributed by atoms with Gasteiger partial charge < -0.3 is 10.1 Å². The average Bonchev–Trinajstić information content (AvgIpc) is 2.61. The lowest BCUT2D eigenvalue weighted by atomic mass is 9.89. The van der Waals surface area contributed by atoms with E-state index in [0.29, 0.717) is 11.4 Å². The first kappa shape index (κ1) is 18.0. The van der Waals surface area contributed by atoms with E-state index in [1.54, 1.807) is 38.3 Å². The predicted molar refractivity (Wildman–Crippen MR) is 94.1 cm³/mol. The van der Waals surface area contributed by atoms with Gasteiger partial charge in [-0.1, -0.05) is 19.3 Å². The summed E-state index contributed by atoms with van der Waals surface area (Å²) in [6.45, 7) is 1.73. The largest absolute Gasteiger partial charge is 0.497 e. The summed E-state index contributed by atoms with van der Waals surface area (Å²) in [5.41, 5.74) is 3.86. The second kappa shape index (κ2) is 9.05. The Balaban J connectivity index is 1.78. The first-order valence-corrected chi connectivity index (χ1v) is 8.35. The van der Waals surface area contributed by atoms with Gasteiger partial charge in [0, 0.05) is 17.3 Å². The molecule has 0 aliphatic heterocycles. The summed E-state index contributed by atoms with van der Waals surface area (Å²) in [6.07, 6.45) is 5.40. The third-order valence-electron chi connectivity index (χ3n) is 4.12. The van der Waals surface area contributed by atoms with Crippen LogP contribution in [0.25, 0.3) is 0 Å². The predicted octanol–water partition coefficient (Wildman–Crippen LogP) is 3.10. The zero-order valence-corrected chi connectivity index (χ0v) is 14.3. The van der Waals surface area contributed by atoms with Crippen molar-refractivity contribution < 1.29 is 14.3 Å². The summed E-state index contributed by atoms with van der Waals surface area (Å²) in [5.74, 6) is 0.581. The number of nitrogens with one attached hydrogen (secondary N) is 2. The van der Waals surface area contributed by atoms with E-state index in [1.165, 1.54) is 6.42 Å². The Morgan fingerprint density at radius 1 is 1.17 bits per heavy atom. The maximum absolute atomic E-state index is 12.0. The highest BCUT2D eigenvalue weighted by Crippen LogP contribution is 2.23. The molecule has 0 unspecified atom stereocenters. The lowest BCUT2D eigenvalue weighted by Gasteiger charge is -2.19. The summed E-state index contributed by atoms with van der Waals surface area (Å²) in [7, 11) is 1.59. The topological polar surface area (TPSA) is 79.8 Å². The SMILES string of the molecule is COc1ccc(NC(=O)CC(C)=NNC(=O)C2CCCCC2)cc1. The fraction of sp³-hybridized carbons (Fsp3) is 0.500. The van der Waals surface area contributed by atoms with Crippen LogP contribution in [0.1, 0.15) is 45.4 Å². The van der Waals surface area contributed by atoms with Crippen molar-refractivity contribution in [3.8, 4) is 5.75 Å². The minimum atomic E-state index is -0.173. The van der Waals surface area contributed by atoms with E-state index in [2.05, 4.69) is 15.8 Å². The maximum Gasteiger partial charge on any atom is 0.243 e.